The highest BCUT2D eigenvalue weighted by molar-refractivity contribution is 5.74. The molecule has 0 radical (unpaired) electrons. The lowest BCUT2D eigenvalue weighted by Gasteiger charge is -2.46. The molecule has 8 nitrogen and oxygen atoms in total. The highest BCUT2D eigenvalue weighted by Crippen LogP contribution is 2.46. The Balaban J connectivity index is 1.83. The largest absolute Gasteiger partial charge is 0.444 e. The molecule has 1 saturated heterocycles. The van der Waals surface area contributed by atoms with Crippen molar-refractivity contribution in [2.75, 3.05) is 19.6 Å². The number of hydrogen-bond acceptors (Lipinski definition) is 5. The summed E-state index contributed by atoms with van der Waals surface area (Å²) in [5, 5.41) is 6.18. The first-order chi connectivity index (χ1) is 13.8. The van der Waals surface area contributed by atoms with Gasteiger partial charge in [0.1, 0.15) is 5.60 Å². The van der Waals surface area contributed by atoms with Gasteiger partial charge in [0.2, 0.25) is 6.08 Å². The molecule has 1 saturated carbocycles. The third kappa shape index (κ3) is 7.63. The van der Waals surface area contributed by atoms with Crippen molar-refractivity contribution in [3.05, 3.63) is 0 Å². The van der Waals surface area contributed by atoms with E-state index in [1.165, 1.54) is 0 Å². The van der Waals surface area contributed by atoms with Gasteiger partial charge in [-0.2, -0.15) is 0 Å². The van der Waals surface area contributed by atoms with Crippen LogP contribution in [-0.2, 0) is 9.53 Å². The minimum Gasteiger partial charge on any atom is -0.444 e. The van der Waals surface area contributed by atoms with Crippen LogP contribution in [0.3, 0.4) is 0 Å². The van der Waals surface area contributed by atoms with Gasteiger partial charge in [0, 0.05) is 25.2 Å². The van der Waals surface area contributed by atoms with Crippen LogP contribution in [-0.4, -0.2) is 60.4 Å². The second-order valence-corrected chi connectivity index (χ2v) is 11.0. The average molecular weight is 423 g/mol. The van der Waals surface area contributed by atoms with Gasteiger partial charge >= 0.3 is 12.1 Å². The fourth-order valence-electron chi connectivity index (χ4n) is 5.02. The number of ether oxygens (including phenoxy) is 1. The number of nitrogens with one attached hydrogen (secondary N) is 2. The van der Waals surface area contributed by atoms with Crippen molar-refractivity contribution in [3.8, 4) is 0 Å². The van der Waals surface area contributed by atoms with Gasteiger partial charge in [-0.15, -0.1) is 0 Å². The molecule has 2 fully saturated rings. The van der Waals surface area contributed by atoms with E-state index in [0.29, 0.717) is 32.5 Å². The molecular formula is C22H38N4O4. The Morgan fingerprint density at radius 2 is 1.70 bits per heavy atom. The Labute approximate surface area is 180 Å². The second-order valence-electron chi connectivity index (χ2n) is 11.0. The van der Waals surface area contributed by atoms with E-state index in [9.17, 15) is 14.4 Å². The Morgan fingerprint density at radius 1 is 1.10 bits per heavy atom. The number of isocyanates is 1. The summed E-state index contributed by atoms with van der Waals surface area (Å²) in [6.07, 6.45) is 5.37. The van der Waals surface area contributed by atoms with Crippen molar-refractivity contribution in [2.24, 2.45) is 15.8 Å². The number of amides is 3. The first kappa shape index (κ1) is 24.2. The van der Waals surface area contributed by atoms with Crippen molar-refractivity contribution in [1.29, 1.82) is 0 Å². The molecule has 170 valence electrons. The zero-order valence-electron chi connectivity index (χ0n) is 19.3. The molecule has 3 amide bonds. The van der Waals surface area contributed by atoms with Crippen molar-refractivity contribution in [2.45, 2.75) is 91.3 Å². The molecule has 30 heavy (non-hydrogen) atoms. The van der Waals surface area contributed by atoms with Gasteiger partial charge < -0.3 is 20.3 Å². The molecule has 1 heterocycles. The maximum Gasteiger partial charge on any atom is 0.410 e. The van der Waals surface area contributed by atoms with Crippen LogP contribution in [0.5, 0.6) is 0 Å². The Hall–Kier alpha value is -2.08. The number of aliphatic imine (C=N–C) groups is 1. The summed E-state index contributed by atoms with van der Waals surface area (Å²) in [4.78, 5) is 40.8. The maximum absolute atomic E-state index is 12.6. The molecule has 0 aromatic heterocycles. The van der Waals surface area contributed by atoms with Crippen LogP contribution in [0.25, 0.3) is 0 Å². The van der Waals surface area contributed by atoms with Gasteiger partial charge in [-0.1, -0.05) is 20.8 Å². The number of rotatable bonds is 4. The summed E-state index contributed by atoms with van der Waals surface area (Å²) in [6, 6.07) is -0.108. The van der Waals surface area contributed by atoms with Crippen molar-refractivity contribution in [3.63, 3.8) is 0 Å². The first-order valence-corrected chi connectivity index (χ1v) is 10.9. The standard InChI is InChI=1S/C22H38N4O4/c1-20(2,3)30-19(29)26-9-7-16(8-10-26)24-18(28)25-17-11-21(4,5)13-22(6,12-17)14-23-15-27/h16-17H,7-14H2,1-6H3,(H2,24,25,28). The van der Waals surface area contributed by atoms with Crippen LogP contribution in [0.4, 0.5) is 9.59 Å². The van der Waals surface area contributed by atoms with E-state index >= 15 is 0 Å². The highest BCUT2D eigenvalue weighted by atomic mass is 16.6. The lowest BCUT2D eigenvalue weighted by atomic mass is 9.62. The number of likely N-dealkylation sites (tertiary alicyclic amines) is 1. The zero-order valence-corrected chi connectivity index (χ0v) is 19.3. The normalized spacial score (nSPS) is 27.0. The van der Waals surface area contributed by atoms with E-state index in [1.54, 1.807) is 11.0 Å². The topological polar surface area (TPSA) is 100 Å². The third-order valence-electron chi connectivity index (χ3n) is 5.79. The van der Waals surface area contributed by atoms with E-state index in [-0.39, 0.29) is 35.0 Å². The van der Waals surface area contributed by atoms with Crippen LogP contribution in [0.1, 0.15) is 73.6 Å². The van der Waals surface area contributed by atoms with Gasteiger partial charge in [0.15, 0.2) is 0 Å². The summed E-state index contributed by atoms with van der Waals surface area (Å²) >= 11 is 0. The van der Waals surface area contributed by atoms with Gasteiger partial charge in [-0.05, 0) is 63.7 Å². The minimum atomic E-state index is -0.509. The molecule has 2 unspecified atom stereocenters. The fraction of sp³-hybridized carbons (Fsp3) is 0.864. The van der Waals surface area contributed by atoms with E-state index in [0.717, 1.165) is 19.3 Å². The lowest BCUT2D eigenvalue weighted by molar-refractivity contribution is 0.0201. The molecule has 2 N–H and O–H groups in total. The summed E-state index contributed by atoms with van der Waals surface area (Å²) in [5.74, 6) is 0. The molecule has 0 aromatic rings. The van der Waals surface area contributed by atoms with E-state index in [1.807, 2.05) is 20.8 Å². The van der Waals surface area contributed by atoms with Crippen LogP contribution in [0.15, 0.2) is 4.99 Å². The smallest absolute Gasteiger partial charge is 0.410 e. The number of piperidine rings is 1. The Morgan fingerprint density at radius 3 is 2.27 bits per heavy atom. The van der Waals surface area contributed by atoms with Crippen molar-refractivity contribution in [1.82, 2.24) is 15.5 Å². The van der Waals surface area contributed by atoms with Gasteiger partial charge in [0.25, 0.3) is 0 Å². The van der Waals surface area contributed by atoms with Gasteiger partial charge in [0.05, 0.1) is 6.54 Å². The lowest BCUT2D eigenvalue weighted by Crippen LogP contribution is -2.54. The van der Waals surface area contributed by atoms with Crippen LogP contribution >= 0.6 is 0 Å². The Bertz CT molecular complexity index is 673. The monoisotopic (exact) mass is 422 g/mol. The average Bonchev–Trinajstić information content (AvgIpc) is 2.57. The number of hydrogen-bond donors (Lipinski definition) is 2. The fourth-order valence-corrected chi connectivity index (χ4v) is 5.02. The molecule has 8 heteroatoms. The van der Waals surface area contributed by atoms with Gasteiger partial charge in [-0.25, -0.2) is 19.4 Å². The van der Waals surface area contributed by atoms with E-state index in [4.69, 9.17) is 4.74 Å². The summed E-state index contributed by atoms with van der Waals surface area (Å²) in [6.45, 7) is 13.6. The summed E-state index contributed by atoms with van der Waals surface area (Å²) in [5.41, 5.74) is -0.580. The third-order valence-corrected chi connectivity index (χ3v) is 5.79. The summed E-state index contributed by atoms with van der Waals surface area (Å²) < 4.78 is 5.42. The van der Waals surface area contributed by atoms with Crippen LogP contribution < -0.4 is 10.6 Å². The number of carbonyl (C=O) groups is 2. The van der Waals surface area contributed by atoms with Crippen molar-refractivity contribution >= 4 is 18.2 Å². The number of nitrogens with zero attached hydrogens (tertiary/aromatic N) is 2. The molecule has 2 rings (SSSR count). The molecule has 0 aromatic carbocycles. The number of carbonyl (C=O) groups excluding carboxylic acids is 3. The van der Waals surface area contributed by atoms with Crippen LogP contribution in [0.2, 0.25) is 0 Å². The van der Waals surface area contributed by atoms with Crippen molar-refractivity contribution < 1.29 is 19.1 Å². The minimum absolute atomic E-state index is 0.0301. The molecule has 2 aliphatic rings. The molecule has 0 bridgehead atoms. The Kier molecular flexibility index (Phi) is 7.56. The van der Waals surface area contributed by atoms with E-state index < -0.39 is 5.60 Å². The van der Waals surface area contributed by atoms with E-state index in [2.05, 4.69) is 36.4 Å². The summed E-state index contributed by atoms with van der Waals surface area (Å²) in [7, 11) is 0. The zero-order chi connectivity index (χ0) is 22.6. The van der Waals surface area contributed by atoms with Crippen LogP contribution in [0, 0.1) is 10.8 Å². The number of urea groups is 1. The van der Waals surface area contributed by atoms with Gasteiger partial charge in [-0.3, -0.25) is 0 Å². The molecule has 2 atom stereocenters. The predicted molar refractivity (Wildman–Crippen MR) is 115 cm³/mol. The SMILES string of the molecule is CC1(C)CC(NC(=O)NC2CCN(C(=O)OC(C)(C)C)CC2)CC(C)(CN=C=O)C1. The second kappa shape index (κ2) is 9.38. The highest BCUT2D eigenvalue weighted by Gasteiger charge is 2.41. The quantitative estimate of drug-likeness (QED) is 0.534. The molecule has 0 spiro atoms. The first-order valence-electron chi connectivity index (χ1n) is 10.9. The molecule has 1 aliphatic carbocycles. The molecular weight excluding hydrogens is 384 g/mol. The maximum atomic E-state index is 12.6. The predicted octanol–water partition coefficient (Wildman–Crippen LogP) is 3.61. The molecule has 1 aliphatic heterocycles.